The van der Waals surface area contributed by atoms with E-state index in [4.69, 9.17) is 4.74 Å². The molecule has 0 saturated heterocycles. The molecular weight excluding hydrogens is 318 g/mol. The Hall–Kier alpha value is -1.80. The van der Waals surface area contributed by atoms with E-state index < -0.39 is 4.92 Å². The van der Waals surface area contributed by atoms with Gasteiger partial charge in [-0.1, -0.05) is 11.8 Å². The zero-order valence-electron chi connectivity index (χ0n) is 11.2. The summed E-state index contributed by atoms with van der Waals surface area (Å²) in [5.74, 6) is 0.146. The molecule has 0 atom stereocenters. The highest BCUT2D eigenvalue weighted by molar-refractivity contribution is 8.14. The van der Waals surface area contributed by atoms with E-state index in [0.717, 1.165) is 11.7 Å². The summed E-state index contributed by atoms with van der Waals surface area (Å²) in [5, 5.41) is 14.7. The smallest absolute Gasteiger partial charge is 0.311 e. The number of carbonyl (C=O) groups is 1. The van der Waals surface area contributed by atoms with Crippen LogP contribution in [-0.2, 0) is 0 Å². The first-order valence-corrected chi connectivity index (χ1v) is 6.87. The van der Waals surface area contributed by atoms with Crippen LogP contribution in [0.1, 0.15) is 10.4 Å². The van der Waals surface area contributed by atoms with E-state index in [2.05, 4.69) is 10.3 Å². The van der Waals surface area contributed by atoms with Gasteiger partial charge in [-0.15, -0.1) is 12.4 Å². The molecule has 0 amide bonds. The highest BCUT2D eigenvalue weighted by Gasteiger charge is 2.18. The van der Waals surface area contributed by atoms with Crippen LogP contribution in [0.4, 0.5) is 5.69 Å². The van der Waals surface area contributed by atoms with Gasteiger partial charge in [0.05, 0.1) is 24.3 Å². The second-order valence-corrected chi connectivity index (χ2v) is 4.93. The van der Waals surface area contributed by atoms with Crippen LogP contribution < -0.4 is 10.1 Å². The Morgan fingerprint density at radius 3 is 2.90 bits per heavy atom. The van der Waals surface area contributed by atoms with Crippen LogP contribution in [0, 0.1) is 10.1 Å². The molecule has 0 radical (unpaired) electrons. The van der Waals surface area contributed by atoms with Crippen molar-refractivity contribution in [3.8, 4) is 5.75 Å². The second kappa shape index (κ2) is 7.84. The number of nitrogens with one attached hydrogen (secondary N) is 1. The van der Waals surface area contributed by atoms with E-state index in [9.17, 15) is 14.9 Å². The zero-order chi connectivity index (χ0) is 14.5. The summed E-state index contributed by atoms with van der Waals surface area (Å²) in [5.41, 5.74) is 0.0864. The van der Waals surface area contributed by atoms with Crippen molar-refractivity contribution in [3.63, 3.8) is 0 Å². The van der Waals surface area contributed by atoms with Crippen LogP contribution in [0.15, 0.2) is 23.2 Å². The molecule has 0 bridgehead atoms. The van der Waals surface area contributed by atoms with Gasteiger partial charge in [0.15, 0.2) is 16.7 Å². The molecule has 0 unspecified atom stereocenters. The van der Waals surface area contributed by atoms with Crippen LogP contribution in [0.3, 0.4) is 0 Å². The van der Waals surface area contributed by atoms with Crippen molar-refractivity contribution in [1.29, 1.82) is 0 Å². The monoisotopic (exact) mass is 331 g/mol. The number of Topliss-reactive ketones (excluding diaryl/α,β-unsaturated/α-hetero) is 1. The van der Waals surface area contributed by atoms with Crippen molar-refractivity contribution in [2.24, 2.45) is 4.99 Å². The van der Waals surface area contributed by atoms with Crippen molar-refractivity contribution in [3.05, 3.63) is 33.9 Å². The number of thioether (sulfide) groups is 1. The fourth-order valence-corrected chi connectivity index (χ4v) is 2.52. The number of hydrogen-bond acceptors (Lipinski definition) is 7. The lowest BCUT2D eigenvalue weighted by atomic mass is 10.1. The average Bonchev–Trinajstić information content (AvgIpc) is 2.97. The molecule has 0 fully saturated rings. The number of rotatable bonds is 5. The first-order chi connectivity index (χ1) is 9.61. The number of nitrogens with zero attached hydrogens (tertiary/aromatic N) is 2. The van der Waals surface area contributed by atoms with Crippen LogP contribution in [0.2, 0.25) is 0 Å². The van der Waals surface area contributed by atoms with Gasteiger partial charge in [-0.05, 0) is 12.1 Å². The maximum atomic E-state index is 12.0. The van der Waals surface area contributed by atoms with Gasteiger partial charge in [0.25, 0.3) is 0 Å². The van der Waals surface area contributed by atoms with Gasteiger partial charge >= 0.3 is 5.69 Å². The van der Waals surface area contributed by atoms with E-state index in [1.165, 1.54) is 37.1 Å². The molecule has 2 rings (SSSR count). The first-order valence-electron chi connectivity index (χ1n) is 5.88. The minimum Gasteiger partial charge on any atom is -0.490 e. The molecule has 0 spiro atoms. The van der Waals surface area contributed by atoms with Crippen molar-refractivity contribution < 1.29 is 14.5 Å². The fourth-order valence-electron chi connectivity index (χ4n) is 1.70. The number of carbonyl (C=O) groups excluding carboxylic acids is 1. The number of hydrogen-bond donors (Lipinski definition) is 1. The standard InChI is InChI=1S/C12H13N3O4S.ClH/c1-19-11-3-2-8(6-9(11)15(17)18)10(16)7-20-12-13-4-5-14-12;/h2-3,6H,4-5,7H2,1H3,(H,13,14);1H. The predicted octanol–water partition coefficient (Wildman–Crippen LogP) is 1.90. The molecule has 1 aliphatic rings. The maximum Gasteiger partial charge on any atom is 0.311 e. The molecule has 0 aliphatic carbocycles. The van der Waals surface area contributed by atoms with Crippen LogP contribution in [0.5, 0.6) is 5.75 Å². The van der Waals surface area contributed by atoms with Gasteiger partial charge in [-0.25, -0.2) is 0 Å². The number of methoxy groups -OCH3 is 1. The van der Waals surface area contributed by atoms with Gasteiger partial charge in [-0.3, -0.25) is 19.9 Å². The van der Waals surface area contributed by atoms with Gasteiger partial charge in [0.2, 0.25) is 0 Å². The quantitative estimate of drug-likeness (QED) is 0.503. The largest absolute Gasteiger partial charge is 0.490 e. The highest BCUT2D eigenvalue weighted by Crippen LogP contribution is 2.28. The van der Waals surface area contributed by atoms with E-state index in [1.807, 2.05) is 0 Å². The first kappa shape index (κ1) is 17.3. The molecule has 0 aromatic heterocycles. The molecule has 1 N–H and O–H groups in total. The minimum atomic E-state index is -0.564. The van der Waals surface area contributed by atoms with E-state index >= 15 is 0 Å². The fraction of sp³-hybridized carbons (Fsp3) is 0.333. The third kappa shape index (κ3) is 4.33. The number of nitro groups is 1. The van der Waals surface area contributed by atoms with Crippen LogP contribution >= 0.6 is 24.2 Å². The van der Waals surface area contributed by atoms with Gasteiger partial charge in [0.1, 0.15) is 0 Å². The summed E-state index contributed by atoms with van der Waals surface area (Å²) in [6, 6.07) is 4.20. The van der Waals surface area contributed by atoms with E-state index in [1.54, 1.807) is 0 Å². The lowest BCUT2D eigenvalue weighted by molar-refractivity contribution is -0.385. The summed E-state index contributed by atoms with van der Waals surface area (Å²) < 4.78 is 4.90. The molecule has 0 saturated carbocycles. The molecule has 1 aromatic carbocycles. The number of halogens is 1. The summed E-state index contributed by atoms with van der Waals surface area (Å²) in [6.07, 6.45) is 0. The SMILES string of the molecule is COc1ccc(C(=O)CSC2=NCCN2)cc1[N+](=O)[O-].Cl. The number of nitro benzene ring substituents is 1. The van der Waals surface area contributed by atoms with E-state index in [0.29, 0.717) is 12.1 Å². The zero-order valence-corrected chi connectivity index (χ0v) is 12.8. The van der Waals surface area contributed by atoms with Crippen LogP contribution in [0.25, 0.3) is 0 Å². The average molecular weight is 332 g/mol. The topological polar surface area (TPSA) is 93.8 Å². The maximum absolute atomic E-state index is 12.0. The molecule has 7 nitrogen and oxygen atoms in total. The lowest BCUT2D eigenvalue weighted by Crippen LogP contribution is -2.17. The van der Waals surface area contributed by atoms with Crippen molar-refractivity contribution in [2.75, 3.05) is 26.0 Å². The Morgan fingerprint density at radius 1 is 1.57 bits per heavy atom. The Balaban J connectivity index is 0.00000220. The summed E-state index contributed by atoms with van der Waals surface area (Å²) in [6.45, 7) is 1.50. The van der Waals surface area contributed by atoms with Gasteiger partial charge in [0, 0.05) is 18.2 Å². The predicted molar refractivity (Wildman–Crippen MR) is 84.0 cm³/mol. The molecular formula is C12H14ClN3O4S. The number of ether oxygens (including phenoxy) is 1. The summed E-state index contributed by atoms with van der Waals surface area (Å²) >= 11 is 1.30. The second-order valence-electron chi connectivity index (χ2n) is 3.97. The summed E-state index contributed by atoms with van der Waals surface area (Å²) in [7, 11) is 1.35. The summed E-state index contributed by atoms with van der Waals surface area (Å²) in [4.78, 5) is 26.5. The Morgan fingerprint density at radius 2 is 2.33 bits per heavy atom. The molecule has 114 valence electrons. The number of aliphatic imine (C=N–C) groups is 1. The van der Waals surface area contributed by atoms with Crippen molar-refractivity contribution in [2.45, 2.75) is 0 Å². The number of amidine groups is 1. The molecule has 1 aromatic rings. The highest BCUT2D eigenvalue weighted by atomic mass is 35.5. The van der Waals surface area contributed by atoms with Crippen molar-refractivity contribution in [1.82, 2.24) is 5.32 Å². The minimum absolute atomic E-state index is 0. The third-order valence-electron chi connectivity index (χ3n) is 2.68. The van der Waals surface area contributed by atoms with Gasteiger partial charge < -0.3 is 10.1 Å². The third-order valence-corrected chi connectivity index (χ3v) is 3.63. The van der Waals surface area contributed by atoms with E-state index in [-0.39, 0.29) is 35.4 Å². The number of benzene rings is 1. The normalized spacial score (nSPS) is 12.9. The van der Waals surface area contributed by atoms with Gasteiger partial charge in [-0.2, -0.15) is 0 Å². The van der Waals surface area contributed by atoms with Crippen LogP contribution in [-0.4, -0.2) is 41.8 Å². The Kier molecular flexibility index (Phi) is 6.44. The molecule has 21 heavy (non-hydrogen) atoms. The van der Waals surface area contributed by atoms with Crippen molar-refractivity contribution >= 4 is 40.8 Å². The molecule has 1 aliphatic heterocycles. The Bertz CT molecular complexity index is 580. The molecule has 9 heteroatoms. The lowest BCUT2D eigenvalue weighted by Gasteiger charge is -2.05. The number of ketones is 1. The Labute approximate surface area is 131 Å². The molecule has 1 heterocycles.